The molecule has 0 unspecified atom stereocenters. The first kappa shape index (κ1) is 18.6. The van der Waals surface area contributed by atoms with E-state index in [0.29, 0.717) is 14.3 Å². The number of nitrogens with zero attached hydrogens (tertiary/aromatic N) is 2. The first-order chi connectivity index (χ1) is 12.5. The molecule has 1 aromatic carbocycles. The molecule has 0 saturated heterocycles. The standard InChI is InChI=1S/C17H16N4O2S3/c1-10-5-6-11(2)12(8-10)18-14(22)9-25-17-21-20-16(26-17)19-15(23)13-4-3-7-24-13/h3-8H,9H2,1-2H3,(H,18,22)(H,19,20,23). The molecule has 0 aliphatic carbocycles. The van der Waals surface area contributed by atoms with E-state index in [9.17, 15) is 9.59 Å². The Morgan fingerprint density at radius 3 is 2.77 bits per heavy atom. The summed E-state index contributed by atoms with van der Waals surface area (Å²) in [7, 11) is 0. The summed E-state index contributed by atoms with van der Waals surface area (Å²) < 4.78 is 0.627. The average Bonchev–Trinajstić information content (AvgIpc) is 3.28. The van der Waals surface area contributed by atoms with Gasteiger partial charge in [0.15, 0.2) is 4.34 Å². The van der Waals surface area contributed by atoms with Crippen LogP contribution in [0.3, 0.4) is 0 Å². The van der Waals surface area contributed by atoms with Gasteiger partial charge in [0, 0.05) is 5.69 Å². The molecule has 0 bridgehead atoms. The Kier molecular flexibility index (Phi) is 6.02. The smallest absolute Gasteiger partial charge is 0.267 e. The van der Waals surface area contributed by atoms with Crippen LogP contribution in [0.1, 0.15) is 20.8 Å². The first-order valence-electron chi connectivity index (χ1n) is 7.69. The van der Waals surface area contributed by atoms with Crippen molar-refractivity contribution in [1.82, 2.24) is 10.2 Å². The van der Waals surface area contributed by atoms with Crippen LogP contribution in [0.25, 0.3) is 0 Å². The van der Waals surface area contributed by atoms with Gasteiger partial charge in [-0.15, -0.1) is 21.5 Å². The number of hydrogen-bond acceptors (Lipinski definition) is 7. The van der Waals surface area contributed by atoms with Gasteiger partial charge in [0.25, 0.3) is 5.91 Å². The van der Waals surface area contributed by atoms with Gasteiger partial charge in [-0.3, -0.25) is 14.9 Å². The highest BCUT2D eigenvalue weighted by Crippen LogP contribution is 2.26. The van der Waals surface area contributed by atoms with E-state index in [1.807, 2.05) is 43.5 Å². The lowest BCUT2D eigenvalue weighted by Gasteiger charge is -2.08. The Labute approximate surface area is 163 Å². The minimum absolute atomic E-state index is 0.108. The Bertz CT molecular complexity index is 922. The molecule has 3 rings (SSSR count). The van der Waals surface area contributed by atoms with Crippen LogP contribution < -0.4 is 10.6 Å². The number of carbonyl (C=O) groups excluding carboxylic acids is 2. The van der Waals surface area contributed by atoms with Crippen LogP contribution in [0.15, 0.2) is 40.1 Å². The number of nitrogens with one attached hydrogen (secondary N) is 2. The number of aromatic nitrogens is 2. The Morgan fingerprint density at radius 1 is 1.15 bits per heavy atom. The Morgan fingerprint density at radius 2 is 2.00 bits per heavy atom. The molecule has 9 heteroatoms. The zero-order chi connectivity index (χ0) is 18.5. The fraction of sp³-hybridized carbons (Fsp3) is 0.176. The predicted molar refractivity (Wildman–Crippen MR) is 107 cm³/mol. The molecule has 2 N–H and O–H groups in total. The Hall–Kier alpha value is -2.23. The van der Waals surface area contributed by atoms with Gasteiger partial charge in [-0.2, -0.15) is 0 Å². The number of rotatable bonds is 6. The third-order valence-electron chi connectivity index (χ3n) is 3.37. The van der Waals surface area contributed by atoms with E-state index in [1.54, 1.807) is 6.07 Å². The van der Waals surface area contributed by atoms with Crippen molar-refractivity contribution in [3.05, 3.63) is 51.7 Å². The maximum Gasteiger partial charge on any atom is 0.267 e. The van der Waals surface area contributed by atoms with Crippen molar-refractivity contribution < 1.29 is 9.59 Å². The summed E-state index contributed by atoms with van der Waals surface area (Å²) in [6, 6.07) is 9.49. The lowest BCUT2D eigenvalue weighted by molar-refractivity contribution is -0.113. The lowest BCUT2D eigenvalue weighted by Crippen LogP contribution is -2.14. The highest BCUT2D eigenvalue weighted by atomic mass is 32.2. The Balaban J connectivity index is 1.52. The maximum absolute atomic E-state index is 12.1. The van der Waals surface area contributed by atoms with Gasteiger partial charge >= 0.3 is 0 Å². The van der Waals surface area contributed by atoms with E-state index in [-0.39, 0.29) is 17.6 Å². The summed E-state index contributed by atoms with van der Waals surface area (Å²) in [6.07, 6.45) is 0. The molecule has 3 aromatic rings. The number of benzene rings is 1. The molecule has 2 heterocycles. The van der Waals surface area contributed by atoms with E-state index in [4.69, 9.17) is 0 Å². The van der Waals surface area contributed by atoms with Crippen molar-refractivity contribution in [2.75, 3.05) is 16.4 Å². The van der Waals surface area contributed by atoms with Gasteiger partial charge in [-0.1, -0.05) is 41.3 Å². The van der Waals surface area contributed by atoms with Gasteiger partial charge in [0.2, 0.25) is 11.0 Å². The molecule has 0 aliphatic rings. The van der Waals surface area contributed by atoms with E-state index >= 15 is 0 Å². The van der Waals surface area contributed by atoms with Crippen LogP contribution in [-0.4, -0.2) is 27.8 Å². The summed E-state index contributed by atoms with van der Waals surface area (Å²) in [5, 5.41) is 15.8. The molecule has 26 heavy (non-hydrogen) atoms. The van der Waals surface area contributed by atoms with Crippen LogP contribution in [0.4, 0.5) is 10.8 Å². The monoisotopic (exact) mass is 404 g/mol. The molecular weight excluding hydrogens is 388 g/mol. The topological polar surface area (TPSA) is 84.0 Å². The zero-order valence-corrected chi connectivity index (χ0v) is 16.6. The van der Waals surface area contributed by atoms with Crippen LogP contribution in [0.2, 0.25) is 0 Å². The second kappa shape index (κ2) is 8.43. The van der Waals surface area contributed by atoms with Crippen molar-refractivity contribution in [1.29, 1.82) is 0 Å². The number of hydrogen-bond donors (Lipinski definition) is 2. The largest absolute Gasteiger partial charge is 0.325 e. The molecule has 0 aliphatic heterocycles. The summed E-state index contributed by atoms with van der Waals surface area (Å²) >= 11 is 3.89. The molecule has 2 aromatic heterocycles. The summed E-state index contributed by atoms with van der Waals surface area (Å²) in [6.45, 7) is 3.94. The fourth-order valence-electron chi connectivity index (χ4n) is 2.07. The van der Waals surface area contributed by atoms with Crippen molar-refractivity contribution in [2.24, 2.45) is 0 Å². The molecule has 0 saturated carbocycles. The number of amides is 2. The van der Waals surface area contributed by atoms with E-state index in [0.717, 1.165) is 16.8 Å². The first-order valence-corrected chi connectivity index (χ1v) is 10.4. The summed E-state index contributed by atoms with van der Waals surface area (Å²) in [5.41, 5.74) is 2.93. The van der Waals surface area contributed by atoms with Crippen LogP contribution in [0.5, 0.6) is 0 Å². The van der Waals surface area contributed by atoms with Gasteiger partial charge in [-0.25, -0.2) is 0 Å². The second-order valence-corrected chi connectivity index (χ2v) is 8.61. The predicted octanol–water partition coefficient (Wildman–Crippen LogP) is 4.20. The molecule has 0 fully saturated rings. The third-order valence-corrected chi connectivity index (χ3v) is 6.21. The highest BCUT2D eigenvalue weighted by Gasteiger charge is 2.13. The van der Waals surface area contributed by atoms with Crippen molar-refractivity contribution in [2.45, 2.75) is 18.2 Å². The third kappa shape index (κ3) is 4.90. The summed E-state index contributed by atoms with van der Waals surface area (Å²) in [4.78, 5) is 24.7. The van der Waals surface area contributed by atoms with Crippen LogP contribution >= 0.6 is 34.4 Å². The van der Waals surface area contributed by atoms with Crippen LogP contribution in [-0.2, 0) is 4.79 Å². The highest BCUT2D eigenvalue weighted by molar-refractivity contribution is 8.01. The molecular formula is C17H16N4O2S3. The van der Waals surface area contributed by atoms with E-state index in [2.05, 4.69) is 20.8 Å². The molecule has 0 radical (unpaired) electrons. The number of thioether (sulfide) groups is 1. The number of carbonyl (C=O) groups is 2. The number of aryl methyl sites for hydroxylation is 2. The molecule has 2 amide bonds. The molecule has 134 valence electrons. The van der Waals surface area contributed by atoms with Crippen molar-refractivity contribution in [3.8, 4) is 0 Å². The fourth-order valence-corrected chi connectivity index (χ4v) is 4.24. The van der Waals surface area contributed by atoms with Crippen molar-refractivity contribution >= 4 is 57.1 Å². The molecule has 0 atom stereocenters. The SMILES string of the molecule is Cc1ccc(C)c(NC(=O)CSc2nnc(NC(=O)c3cccs3)s2)c1. The van der Waals surface area contributed by atoms with Crippen molar-refractivity contribution in [3.63, 3.8) is 0 Å². The average molecular weight is 405 g/mol. The minimum Gasteiger partial charge on any atom is -0.325 e. The van der Waals surface area contributed by atoms with E-state index < -0.39 is 0 Å². The summed E-state index contributed by atoms with van der Waals surface area (Å²) in [5.74, 6) is -0.0932. The second-order valence-electron chi connectivity index (χ2n) is 5.46. The van der Waals surface area contributed by atoms with Gasteiger partial charge < -0.3 is 5.32 Å². The molecule has 6 nitrogen and oxygen atoms in total. The van der Waals surface area contributed by atoms with E-state index in [1.165, 1.54) is 34.4 Å². The zero-order valence-electron chi connectivity index (χ0n) is 14.1. The number of thiophene rings is 1. The minimum atomic E-state index is -0.208. The quantitative estimate of drug-likeness (QED) is 0.475. The van der Waals surface area contributed by atoms with Gasteiger partial charge in [-0.05, 0) is 42.5 Å². The van der Waals surface area contributed by atoms with Gasteiger partial charge in [0.1, 0.15) is 0 Å². The maximum atomic E-state index is 12.1. The van der Waals surface area contributed by atoms with Gasteiger partial charge in [0.05, 0.1) is 10.6 Å². The molecule has 0 spiro atoms. The lowest BCUT2D eigenvalue weighted by atomic mass is 10.1. The van der Waals surface area contributed by atoms with Crippen LogP contribution in [0, 0.1) is 13.8 Å². The normalized spacial score (nSPS) is 10.5. The number of anilines is 2.